The normalized spacial score (nSPS) is 18.4. The summed E-state index contributed by atoms with van der Waals surface area (Å²) >= 11 is 1.53. The second-order valence-electron chi connectivity index (χ2n) is 10.1. The lowest BCUT2D eigenvalue weighted by Crippen LogP contribution is -2.33. The van der Waals surface area contributed by atoms with E-state index in [0.717, 1.165) is 42.2 Å². The number of aromatic nitrogens is 3. The van der Waals surface area contributed by atoms with Crippen molar-refractivity contribution in [1.82, 2.24) is 20.1 Å². The van der Waals surface area contributed by atoms with E-state index in [1.54, 1.807) is 0 Å². The van der Waals surface area contributed by atoms with E-state index in [4.69, 9.17) is 0 Å². The molecule has 0 spiro atoms. The first-order chi connectivity index (χ1) is 14.9. The Balaban J connectivity index is 1.54. The van der Waals surface area contributed by atoms with Gasteiger partial charge in [0.05, 0.1) is 5.75 Å². The number of nitrogens with zero attached hydrogens (tertiary/aromatic N) is 3. The van der Waals surface area contributed by atoms with E-state index in [9.17, 15) is 4.79 Å². The molecule has 0 saturated heterocycles. The summed E-state index contributed by atoms with van der Waals surface area (Å²) in [5, 5.41) is 13.2. The fraction of sp³-hybridized carbons (Fsp3) is 0.640. The minimum absolute atomic E-state index is 0.117. The Kier molecular flexibility index (Phi) is 7.05. The van der Waals surface area contributed by atoms with Gasteiger partial charge in [-0.05, 0) is 36.7 Å². The smallest absolute Gasteiger partial charge is 0.230 e. The lowest BCUT2D eigenvalue weighted by Gasteiger charge is -2.26. The van der Waals surface area contributed by atoms with Crippen LogP contribution in [0.5, 0.6) is 0 Å². The van der Waals surface area contributed by atoms with Crippen LogP contribution in [0.15, 0.2) is 29.4 Å². The van der Waals surface area contributed by atoms with E-state index >= 15 is 0 Å². The number of thioether (sulfide) groups is 1. The van der Waals surface area contributed by atoms with Crippen LogP contribution >= 0.6 is 11.8 Å². The van der Waals surface area contributed by atoms with Gasteiger partial charge in [0.15, 0.2) is 11.0 Å². The van der Waals surface area contributed by atoms with Crippen molar-refractivity contribution in [2.24, 2.45) is 0 Å². The first-order valence-electron chi connectivity index (χ1n) is 11.9. The van der Waals surface area contributed by atoms with Crippen LogP contribution in [0.4, 0.5) is 0 Å². The summed E-state index contributed by atoms with van der Waals surface area (Å²) in [7, 11) is 0. The summed E-state index contributed by atoms with van der Waals surface area (Å²) in [5.74, 6) is 1.46. The van der Waals surface area contributed by atoms with Crippen LogP contribution in [-0.4, -0.2) is 32.5 Å². The Labute approximate surface area is 190 Å². The fourth-order valence-corrected chi connectivity index (χ4v) is 5.65. The van der Waals surface area contributed by atoms with Crippen LogP contribution in [0.2, 0.25) is 0 Å². The van der Waals surface area contributed by atoms with Gasteiger partial charge in [-0.3, -0.25) is 9.36 Å². The minimum atomic E-state index is 0.117. The Bertz CT molecular complexity index is 872. The zero-order valence-electron chi connectivity index (χ0n) is 19.2. The Morgan fingerprint density at radius 3 is 2.29 bits per heavy atom. The van der Waals surface area contributed by atoms with E-state index in [1.807, 2.05) is 0 Å². The predicted molar refractivity (Wildman–Crippen MR) is 127 cm³/mol. The Morgan fingerprint density at radius 2 is 1.65 bits per heavy atom. The summed E-state index contributed by atoms with van der Waals surface area (Å²) in [4.78, 5) is 12.5. The van der Waals surface area contributed by atoms with Gasteiger partial charge in [0.1, 0.15) is 0 Å². The second kappa shape index (κ2) is 9.76. The number of hydrogen-bond donors (Lipinski definition) is 1. The molecular weight excluding hydrogens is 404 g/mol. The molecule has 1 aromatic carbocycles. The van der Waals surface area contributed by atoms with Gasteiger partial charge in [-0.15, -0.1) is 10.2 Å². The highest BCUT2D eigenvalue weighted by molar-refractivity contribution is 7.99. The quantitative estimate of drug-likeness (QED) is 0.568. The first-order valence-corrected chi connectivity index (χ1v) is 12.9. The maximum atomic E-state index is 12.5. The van der Waals surface area contributed by atoms with Gasteiger partial charge in [0, 0.05) is 17.6 Å². The number of benzene rings is 1. The molecular formula is C25H36N4OS. The van der Waals surface area contributed by atoms with E-state index in [1.165, 1.54) is 49.4 Å². The van der Waals surface area contributed by atoms with Crippen LogP contribution in [0.3, 0.4) is 0 Å². The lowest BCUT2D eigenvalue weighted by molar-refractivity contribution is -0.119. The SMILES string of the molecule is CC(C)(C)c1ccc(-c2nnc(SCC(=O)NC3CCCC3)n2C2CCCCC2)cc1. The molecule has 31 heavy (non-hydrogen) atoms. The Hall–Kier alpha value is -1.82. The fourth-order valence-electron chi connectivity index (χ4n) is 4.83. The van der Waals surface area contributed by atoms with Gasteiger partial charge >= 0.3 is 0 Å². The molecule has 0 radical (unpaired) electrons. The Morgan fingerprint density at radius 1 is 1.00 bits per heavy atom. The number of hydrogen-bond acceptors (Lipinski definition) is 4. The summed E-state index contributed by atoms with van der Waals surface area (Å²) in [6.45, 7) is 6.70. The topological polar surface area (TPSA) is 59.8 Å². The zero-order chi connectivity index (χ0) is 21.8. The van der Waals surface area contributed by atoms with Crippen molar-refractivity contribution in [2.45, 2.75) is 101 Å². The molecule has 1 N–H and O–H groups in total. The molecule has 168 valence electrons. The van der Waals surface area contributed by atoms with Crippen molar-refractivity contribution in [3.63, 3.8) is 0 Å². The van der Waals surface area contributed by atoms with Gasteiger partial charge in [0.2, 0.25) is 5.91 Å². The second-order valence-corrected chi connectivity index (χ2v) is 11.1. The molecule has 0 atom stereocenters. The highest BCUT2D eigenvalue weighted by Crippen LogP contribution is 2.36. The van der Waals surface area contributed by atoms with Gasteiger partial charge in [-0.2, -0.15) is 0 Å². The monoisotopic (exact) mass is 440 g/mol. The van der Waals surface area contributed by atoms with Crippen molar-refractivity contribution < 1.29 is 4.79 Å². The summed E-state index contributed by atoms with van der Waals surface area (Å²) in [5.41, 5.74) is 2.55. The van der Waals surface area contributed by atoms with Gasteiger partial charge < -0.3 is 5.32 Å². The van der Waals surface area contributed by atoms with Crippen LogP contribution < -0.4 is 5.32 Å². The number of carbonyl (C=O) groups excluding carboxylic acids is 1. The summed E-state index contributed by atoms with van der Waals surface area (Å²) < 4.78 is 2.32. The molecule has 1 amide bonds. The zero-order valence-corrected chi connectivity index (χ0v) is 20.0. The van der Waals surface area contributed by atoms with Crippen molar-refractivity contribution in [3.8, 4) is 11.4 Å². The highest BCUT2D eigenvalue weighted by Gasteiger charge is 2.25. The summed E-state index contributed by atoms with van der Waals surface area (Å²) in [6.07, 6.45) is 10.8. The molecule has 0 bridgehead atoms. The molecule has 1 heterocycles. The molecule has 0 aliphatic heterocycles. The molecule has 6 heteroatoms. The molecule has 2 fully saturated rings. The maximum Gasteiger partial charge on any atom is 0.230 e. The van der Waals surface area contributed by atoms with Crippen LogP contribution in [0, 0.1) is 0 Å². The van der Waals surface area contributed by atoms with Crippen molar-refractivity contribution >= 4 is 17.7 Å². The van der Waals surface area contributed by atoms with Gasteiger partial charge in [0.25, 0.3) is 0 Å². The molecule has 2 aromatic rings. The summed E-state index contributed by atoms with van der Waals surface area (Å²) in [6, 6.07) is 9.53. The third-order valence-electron chi connectivity index (χ3n) is 6.67. The van der Waals surface area contributed by atoms with Crippen molar-refractivity contribution in [1.29, 1.82) is 0 Å². The number of amides is 1. The third-order valence-corrected chi connectivity index (χ3v) is 7.61. The molecule has 2 aliphatic rings. The predicted octanol–water partition coefficient (Wildman–Crippen LogP) is 5.90. The van der Waals surface area contributed by atoms with E-state index < -0.39 is 0 Å². The van der Waals surface area contributed by atoms with Crippen LogP contribution in [-0.2, 0) is 10.2 Å². The number of nitrogens with one attached hydrogen (secondary N) is 1. The molecule has 4 rings (SSSR count). The first kappa shape index (κ1) is 22.4. The number of rotatable bonds is 6. The molecule has 1 aromatic heterocycles. The van der Waals surface area contributed by atoms with Crippen molar-refractivity contribution in [2.75, 3.05) is 5.75 Å². The average Bonchev–Trinajstić information content (AvgIpc) is 3.42. The van der Waals surface area contributed by atoms with Crippen LogP contribution in [0.25, 0.3) is 11.4 Å². The van der Waals surface area contributed by atoms with E-state index in [0.29, 0.717) is 17.8 Å². The third kappa shape index (κ3) is 5.51. The minimum Gasteiger partial charge on any atom is -0.353 e. The lowest BCUT2D eigenvalue weighted by atomic mass is 9.86. The van der Waals surface area contributed by atoms with Gasteiger partial charge in [-0.1, -0.05) is 88.9 Å². The van der Waals surface area contributed by atoms with Crippen LogP contribution in [0.1, 0.15) is 90.2 Å². The number of carbonyl (C=O) groups is 1. The largest absolute Gasteiger partial charge is 0.353 e. The van der Waals surface area contributed by atoms with Gasteiger partial charge in [-0.25, -0.2) is 0 Å². The maximum absolute atomic E-state index is 12.5. The molecule has 2 aliphatic carbocycles. The van der Waals surface area contributed by atoms with E-state index in [-0.39, 0.29) is 11.3 Å². The van der Waals surface area contributed by atoms with E-state index in [2.05, 4.69) is 65.1 Å². The average molecular weight is 441 g/mol. The molecule has 5 nitrogen and oxygen atoms in total. The molecule has 2 saturated carbocycles. The standard InChI is InChI=1S/C25H36N4OS/c1-25(2,3)19-15-13-18(14-16-19)23-27-28-24(29(23)21-11-5-4-6-12-21)31-17-22(30)26-20-9-7-8-10-20/h13-16,20-21H,4-12,17H2,1-3H3,(H,26,30). The van der Waals surface area contributed by atoms with Crippen molar-refractivity contribution in [3.05, 3.63) is 29.8 Å². The highest BCUT2D eigenvalue weighted by atomic mass is 32.2. The molecule has 0 unspecified atom stereocenters.